The SMILES string of the molecule is CSC1(C2CCCCC2)CCCCC1=O. The first-order chi connectivity index (χ1) is 7.29. The number of Topliss-reactive ketones (excluding diaryl/α,β-unsaturated/α-hetero) is 1. The van der Waals surface area contributed by atoms with E-state index in [1.54, 1.807) is 0 Å². The van der Waals surface area contributed by atoms with Gasteiger partial charge in [-0.05, 0) is 37.9 Å². The van der Waals surface area contributed by atoms with Gasteiger partial charge >= 0.3 is 0 Å². The van der Waals surface area contributed by atoms with Crippen LogP contribution >= 0.6 is 11.8 Å². The Bertz CT molecular complexity index is 233. The van der Waals surface area contributed by atoms with Crippen LogP contribution < -0.4 is 0 Å². The van der Waals surface area contributed by atoms with Gasteiger partial charge in [0.1, 0.15) is 5.78 Å². The van der Waals surface area contributed by atoms with Crippen LogP contribution in [0, 0.1) is 5.92 Å². The molecule has 0 aromatic heterocycles. The van der Waals surface area contributed by atoms with Crippen LogP contribution in [0.5, 0.6) is 0 Å². The molecule has 0 amide bonds. The van der Waals surface area contributed by atoms with E-state index < -0.39 is 0 Å². The molecule has 2 fully saturated rings. The van der Waals surface area contributed by atoms with E-state index >= 15 is 0 Å². The molecule has 1 unspecified atom stereocenters. The third kappa shape index (κ3) is 2.11. The van der Waals surface area contributed by atoms with E-state index in [4.69, 9.17) is 0 Å². The summed E-state index contributed by atoms with van der Waals surface area (Å²) in [5.74, 6) is 1.25. The Balaban J connectivity index is 2.14. The van der Waals surface area contributed by atoms with Gasteiger partial charge in [0.15, 0.2) is 0 Å². The van der Waals surface area contributed by atoms with Crippen molar-refractivity contribution in [3.63, 3.8) is 0 Å². The molecule has 2 aliphatic carbocycles. The molecule has 2 saturated carbocycles. The number of hydrogen-bond donors (Lipinski definition) is 0. The second-order valence-electron chi connectivity index (χ2n) is 5.06. The molecule has 0 heterocycles. The smallest absolute Gasteiger partial charge is 0.149 e. The standard InChI is InChI=1S/C13H22OS/c1-15-13(10-6-5-9-12(13)14)11-7-3-2-4-8-11/h11H,2-10H2,1H3. The van der Waals surface area contributed by atoms with Crippen molar-refractivity contribution >= 4 is 17.5 Å². The number of carbonyl (C=O) groups excluding carboxylic acids is 1. The van der Waals surface area contributed by atoms with Gasteiger partial charge in [0.25, 0.3) is 0 Å². The summed E-state index contributed by atoms with van der Waals surface area (Å²) in [5.41, 5.74) is 0. The lowest BCUT2D eigenvalue weighted by Gasteiger charge is -2.42. The van der Waals surface area contributed by atoms with E-state index in [-0.39, 0.29) is 4.75 Å². The van der Waals surface area contributed by atoms with Crippen molar-refractivity contribution in [2.45, 2.75) is 62.5 Å². The van der Waals surface area contributed by atoms with Gasteiger partial charge in [-0.2, -0.15) is 11.8 Å². The van der Waals surface area contributed by atoms with E-state index in [1.807, 2.05) is 11.8 Å². The minimum Gasteiger partial charge on any atom is -0.298 e. The number of hydrogen-bond acceptors (Lipinski definition) is 2. The third-order valence-electron chi connectivity index (χ3n) is 4.30. The first-order valence-corrected chi connectivity index (χ1v) is 7.60. The molecule has 15 heavy (non-hydrogen) atoms. The Hall–Kier alpha value is 0.0200. The predicted molar refractivity (Wildman–Crippen MR) is 66.3 cm³/mol. The fourth-order valence-corrected chi connectivity index (χ4v) is 4.65. The monoisotopic (exact) mass is 226 g/mol. The van der Waals surface area contributed by atoms with Crippen molar-refractivity contribution in [2.75, 3.05) is 6.26 Å². The molecule has 2 aliphatic rings. The second-order valence-corrected chi connectivity index (χ2v) is 6.20. The lowest BCUT2D eigenvalue weighted by Crippen LogP contribution is -2.45. The molecular formula is C13H22OS. The number of rotatable bonds is 2. The first kappa shape index (κ1) is 11.5. The number of thioether (sulfide) groups is 1. The predicted octanol–water partition coefficient (Wildman–Crippen LogP) is 3.81. The highest BCUT2D eigenvalue weighted by atomic mass is 32.2. The van der Waals surface area contributed by atoms with Gasteiger partial charge in [-0.15, -0.1) is 0 Å². The van der Waals surface area contributed by atoms with Crippen molar-refractivity contribution in [2.24, 2.45) is 5.92 Å². The Labute approximate surface area is 97.4 Å². The average Bonchev–Trinajstić information content (AvgIpc) is 2.31. The summed E-state index contributed by atoms with van der Waals surface area (Å²) < 4.78 is 0.0265. The normalized spacial score (nSPS) is 34.3. The summed E-state index contributed by atoms with van der Waals surface area (Å²) in [7, 11) is 0. The van der Waals surface area contributed by atoms with Gasteiger partial charge in [-0.25, -0.2) is 0 Å². The van der Waals surface area contributed by atoms with E-state index in [1.165, 1.54) is 38.5 Å². The quantitative estimate of drug-likeness (QED) is 0.712. The summed E-state index contributed by atoms with van der Waals surface area (Å²) in [6.07, 6.45) is 13.2. The summed E-state index contributed by atoms with van der Waals surface area (Å²) >= 11 is 1.86. The van der Waals surface area contributed by atoms with Crippen molar-refractivity contribution < 1.29 is 4.79 Å². The van der Waals surface area contributed by atoms with Gasteiger partial charge in [-0.3, -0.25) is 4.79 Å². The van der Waals surface area contributed by atoms with Crippen LogP contribution in [0.15, 0.2) is 0 Å². The molecule has 0 aromatic rings. The topological polar surface area (TPSA) is 17.1 Å². The summed E-state index contributed by atoms with van der Waals surface area (Å²) in [6, 6.07) is 0. The Morgan fingerprint density at radius 2 is 1.87 bits per heavy atom. The molecule has 0 aliphatic heterocycles. The molecule has 1 nitrogen and oxygen atoms in total. The van der Waals surface area contributed by atoms with E-state index in [0.717, 1.165) is 19.3 Å². The first-order valence-electron chi connectivity index (χ1n) is 6.38. The van der Waals surface area contributed by atoms with Crippen LogP contribution in [0.3, 0.4) is 0 Å². The number of carbonyl (C=O) groups is 1. The van der Waals surface area contributed by atoms with Gasteiger partial charge in [0, 0.05) is 6.42 Å². The maximum absolute atomic E-state index is 12.2. The summed E-state index contributed by atoms with van der Waals surface area (Å²) in [5, 5.41) is 0. The highest BCUT2D eigenvalue weighted by molar-refractivity contribution is 8.00. The van der Waals surface area contributed by atoms with Crippen LogP contribution in [-0.4, -0.2) is 16.8 Å². The van der Waals surface area contributed by atoms with Gasteiger partial charge in [-0.1, -0.05) is 25.7 Å². The fourth-order valence-electron chi connectivity index (χ4n) is 3.41. The van der Waals surface area contributed by atoms with Crippen LogP contribution in [-0.2, 0) is 4.79 Å². The zero-order valence-electron chi connectivity index (χ0n) is 9.76. The largest absolute Gasteiger partial charge is 0.298 e. The molecule has 0 aromatic carbocycles. The minimum absolute atomic E-state index is 0.0265. The molecule has 0 radical (unpaired) electrons. The van der Waals surface area contributed by atoms with Crippen LogP contribution in [0.4, 0.5) is 0 Å². The molecule has 1 atom stereocenters. The lowest BCUT2D eigenvalue weighted by atomic mass is 9.72. The van der Waals surface area contributed by atoms with Gasteiger partial charge in [0.2, 0.25) is 0 Å². The van der Waals surface area contributed by atoms with Gasteiger partial charge in [0.05, 0.1) is 4.75 Å². The van der Waals surface area contributed by atoms with E-state index in [9.17, 15) is 4.79 Å². The molecule has 0 N–H and O–H groups in total. The number of ketones is 1. The summed E-state index contributed by atoms with van der Waals surface area (Å²) in [6.45, 7) is 0. The zero-order valence-corrected chi connectivity index (χ0v) is 10.6. The molecule has 0 bridgehead atoms. The Morgan fingerprint density at radius 3 is 2.47 bits per heavy atom. The molecule has 0 spiro atoms. The zero-order chi connectivity index (χ0) is 10.7. The average molecular weight is 226 g/mol. The van der Waals surface area contributed by atoms with Crippen LogP contribution in [0.25, 0.3) is 0 Å². The van der Waals surface area contributed by atoms with Crippen molar-refractivity contribution in [3.05, 3.63) is 0 Å². The molecular weight excluding hydrogens is 204 g/mol. The van der Waals surface area contributed by atoms with Crippen molar-refractivity contribution in [1.29, 1.82) is 0 Å². The molecule has 2 rings (SSSR count). The van der Waals surface area contributed by atoms with Crippen molar-refractivity contribution in [3.8, 4) is 0 Å². The second kappa shape index (κ2) is 4.90. The van der Waals surface area contributed by atoms with E-state index in [0.29, 0.717) is 11.7 Å². The fraction of sp³-hybridized carbons (Fsp3) is 0.923. The Kier molecular flexibility index (Phi) is 3.76. The maximum atomic E-state index is 12.2. The van der Waals surface area contributed by atoms with Crippen LogP contribution in [0.1, 0.15) is 57.8 Å². The highest BCUT2D eigenvalue weighted by Crippen LogP contribution is 2.47. The van der Waals surface area contributed by atoms with Crippen molar-refractivity contribution in [1.82, 2.24) is 0 Å². The maximum Gasteiger partial charge on any atom is 0.149 e. The molecule has 2 heteroatoms. The van der Waals surface area contributed by atoms with Gasteiger partial charge < -0.3 is 0 Å². The Morgan fingerprint density at radius 1 is 1.13 bits per heavy atom. The molecule has 86 valence electrons. The minimum atomic E-state index is 0.0265. The third-order valence-corrected chi connectivity index (χ3v) is 5.80. The highest BCUT2D eigenvalue weighted by Gasteiger charge is 2.45. The lowest BCUT2D eigenvalue weighted by molar-refractivity contribution is -0.124. The van der Waals surface area contributed by atoms with E-state index in [2.05, 4.69) is 6.26 Å². The van der Waals surface area contributed by atoms with Crippen LogP contribution in [0.2, 0.25) is 0 Å². The summed E-state index contributed by atoms with van der Waals surface area (Å²) in [4.78, 5) is 12.2. The molecule has 0 saturated heterocycles.